The van der Waals surface area contributed by atoms with Crippen LogP contribution in [0.3, 0.4) is 0 Å². The first-order valence-corrected chi connectivity index (χ1v) is 5.84. The summed E-state index contributed by atoms with van der Waals surface area (Å²) in [5, 5.41) is 17.7. The summed E-state index contributed by atoms with van der Waals surface area (Å²) in [7, 11) is 0. The molecule has 19 heavy (non-hydrogen) atoms. The predicted octanol–water partition coefficient (Wildman–Crippen LogP) is 2.46. The number of carboxylic acids is 1. The molecule has 0 saturated carbocycles. The first kappa shape index (κ1) is 13.1. The lowest BCUT2D eigenvalue weighted by Crippen LogP contribution is -1.99. The third-order valence-corrected chi connectivity index (χ3v) is 2.71. The number of aromatic carboxylic acids is 1. The molecule has 0 unspecified atom stereocenters. The number of hydrogen-bond donors (Lipinski definition) is 2. The van der Waals surface area contributed by atoms with Crippen LogP contribution in [0, 0.1) is 0 Å². The van der Waals surface area contributed by atoms with Crippen molar-refractivity contribution >= 4 is 5.97 Å². The summed E-state index contributed by atoms with van der Waals surface area (Å²) in [6, 6.07) is 13.7. The monoisotopic (exact) mass is 258 g/mol. The van der Waals surface area contributed by atoms with Gasteiger partial charge in [0.15, 0.2) is 0 Å². The maximum atomic E-state index is 10.7. The molecular formula is C15H14O4. The largest absolute Gasteiger partial charge is 0.489 e. The Labute approximate surface area is 110 Å². The zero-order valence-corrected chi connectivity index (χ0v) is 10.2. The second kappa shape index (κ2) is 6.02. The molecule has 2 aromatic carbocycles. The predicted molar refractivity (Wildman–Crippen MR) is 70.1 cm³/mol. The van der Waals surface area contributed by atoms with Crippen LogP contribution >= 0.6 is 0 Å². The highest BCUT2D eigenvalue weighted by atomic mass is 16.5. The van der Waals surface area contributed by atoms with E-state index in [-0.39, 0.29) is 12.2 Å². The number of aliphatic hydroxyl groups excluding tert-OH is 1. The molecule has 2 N–H and O–H groups in total. The summed E-state index contributed by atoms with van der Waals surface area (Å²) < 4.78 is 5.56. The highest BCUT2D eigenvalue weighted by molar-refractivity contribution is 5.87. The van der Waals surface area contributed by atoms with Crippen LogP contribution in [0.25, 0.3) is 0 Å². The molecule has 0 saturated heterocycles. The van der Waals surface area contributed by atoms with Crippen molar-refractivity contribution in [3.63, 3.8) is 0 Å². The van der Waals surface area contributed by atoms with Crippen molar-refractivity contribution in [2.75, 3.05) is 0 Å². The third-order valence-electron chi connectivity index (χ3n) is 2.71. The lowest BCUT2D eigenvalue weighted by atomic mass is 10.1. The molecule has 0 aliphatic carbocycles. The molecule has 0 aliphatic heterocycles. The van der Waals surface area contributed by atoms with Crippen LogP contribution in [0.2, 0.25) is 0 Å². The van der Waals surface area contributed by atoms with E-state index in [4.69, 9.17) is 14.9 Å². The molecule has 2 rings (SSSR count). The molecule has 0 fully saturated rings. The number of benzene rings is 2. The zero-order chi connectivity index (χ0) is 13.7. The van der Waals surface area contributed by atoms with Crippen molar-refractivity contribution in [1.29, 1.82) is 0 Å². The summed E-state index contributed by atoms with van der Waals surface area (Å²) in [4.78, 5) is 10.7. The maximum absolute atomic E-state index is 10.7. The molecule has 0 aliphatic rings. The molecule has 4 heteroatoms. The SMILES string of the molecule is O=C(O)c1ccc(COc2ccc(CO)cc2)cc1. The van der Waals surface area contributed by atoms with Crippen molar-refractivity contribution in [1.82, 2.24) is 0 Å². The van der Waals surface area contributed by atoms with Gasteiger partial charge in [0.05, 0.1) is 12.2 Å². The average molecular weight is 258 g/mol. The summed E-state index contributed by atoms with van der Waals surface area (Å²) in [6.07, 6.45) is 0. The fraction of sp³-hybridized carbons (Fsp3) is 0.133. The highest BCUT2D eigenvalue weighted by Gasteiger charge is 2.02. The Morgan fingerprint density at radius 1 is 0.947 bits per heavy atom. The quantitative estimate of drug-likeness (QED) is 0.864. The molecule has 0 radical (unpaired) electrons. The maximum Gasteiger partial charge on any atom is 0.335 e. The van der Waals surface area contributed by atoms with E-state index in [2.05, 4.69) is 0 Å². The normalized spacial score (nSPS) is 10.2. The first-order chi connectivity index (χ1) is 9.19. The van der Waals surface area contributed by atoms with Gasteiger partial charge in [-0.3, -0.25) is 0 Å². The summed E-state index contributed by atoms with van der Waals surface area (Å²) in [6.45, 7) is 0.384. The second-order valence-electron chi connectivity index (χ2n) is 4.09. The molecule has 0 amide bonds. The van der Waals surface area contributed by atoms with Crippen LogP contribution in [0.5, 0.6) is 5.75 Å². The van der Waals surface area contributed by atoms with E-state index in [1.54, 1.807) is 48.5 Å². The Bertz CT molecular complexity index is 543. The molecule has 0 spiro atoms. The number of hydrogen-bond acceptors (Lipinski definition) is 3. The lowest BCUT2D eigenvalue weighted by molar-refractivity contribution is 0.0697. The summed E-state index contributed by atoms with van der Waals surface area (Å²) >= 11 is 0. The Kier molecular flexibility index (Phi) is 4.15. The van der Waals surface area contributed by atoms with Crippen LogP contribution in [0.1, 0.15) is 21.5 Å². The third kappa shape index (κ3) is 3.56. The first-order valence-electron chi connectivity index (χ1n) is 5.84. The molecule has 4 nitrogen and oxygen atoms in total. The Morgan fingerprint density at radius 3 is 2.05 bits per heavy atom. The topological polar surface area (TPSA) is 66.8 Å². The summed E-state index contributed by atoms with van der Waals surface area (Å²) in [5.74, 6) is -0.230. The fourth-order valence-electron chi connectivity index (χ4n) is 1.60. The van der Waals surface area contributed by atoms with E-state index in [0.717, 1.165) is 11.1 Å². The van der Waals surface area contributed by atoms with Gasteiger partial charge < -0.3 is 14.9 Å². The summed E-state index contributed by atoms with van der Waals surface area (Å²) in [5.41, 5.74) is 1.99. The van der Waals surface area contributed by atoms with Gasteiger partial charge >= 0.3 is 5.97 Å². The minimum atomic E-state index is -0.938. The molecular weight excluding hydrogens is 244 g/mol. The molecule has 0 heterocycles. The van der Waals surface area contributed by atoms with Gasteiger partial charge in [0, 0.05) is 0 Å². The van der Waals surface area contributed by atoms with Gasteiger partial charge in [-0.05, 0) is 35.4 Å². The zero-order valence-electron chi connectivity index (χ0n) is 10.2. The number of aliphatic hydroxyl groups is 1. The van der Waals surface area contributed by atoms with Crippen LogP contribution in [-0.4, -0.2) is 16.2 Å². The lowest BCUT2D eigenvalue weighted by Gasteiger charge is -2.07. The standard InChI is InChI=1S/C15H14O4/c16-9-11-3-7-14(8-4-11)19-10-12-1-5-13(6-2-12)15(17)18/h1-8,16H,9-10H2,(H,17,18). The second-order valence-corrected chi connectivity index (χ2v) is 4.09. The number of rotatable bonds is 5. The van der Waals surface area contributed by atoms with E-state index in [1.807, 2.05) is 0 Å². The van der Waals surface area contributed by atoms with Gasteiger partial charge in [-0.1, -0.05) is 24.3 Å². The minimum Gasteiger partial charge on any atom is -0.489 e. The van der Waals surface area contributed by atoms with Crippen LogP contribution in [0.15, 0.2) is 48.5 Å². The smallest absolute Gasteiger partial charge is 0.335 e. The molecule has 2 aromatic rings. The van der Waals surface area contributed by atoms with E-state index in [9.17, 15) is 4.79 Å². The van der Waals surface area contributed by atoms with E-state index in [1.165, 1.54) is 0 Å². The number of carbonyl (C=O) groups is 1. The molecule has 0 aromatic heterocycles. The van der Waals surface area contributed by atoms with Gasteiger partial charge in [0.2, 0.25) is 0 Å². The van der Waals surface area contributed by atoms with E-state index >= 15 is 0 Å². The Hall–Kier alpha value is -2.33. The van der Waals surface area contributed by atoms with Gasteiger partial charge in [0.1, 0.15) is 12.4 Å². The van der Waals surface area contributed by atoms with Gasteiger partial charge in [0.25, 0.3) is 0 Å². The van der Waals surface area contributed by atoms with E-state index in [0.29, 0.717) is 12.4 Å². The van der Waals surface area contributed by atoms with Crippen molar-refractivity contribution in [2.24, 2.45) is 0 Å². The molecule has 98 valence electrons. The number of ether oxygens (including phenoxy) is 1. The number of carboxylic acid groups (broad SMARTS) is 1. The van der Waals surface area contributed by atoms with Gasteiger partial charge in [-0.25, -0.2) is 4.79 Å². The van der Waals surface area contributed by atoms with Crippen LogP contribution in [-0.2, 0) is 13.2 Å². The van der Waals surface area contributed by atoms with Crippen molar-refractivity contribution in [2.45, 2.75) is 13.2 Å². The average Bonchev–Trinajstić information content (AvgIpc) is 2.46. The van der Waals surface area contributed by atoms with E-state index < -0.39 is 5.97 Å². The van der Waals surface area contributed by atoms with Gasteiger partial charge in [-0.2, -0.15) is 0 Å². The highest BCUT2D eigenvalue weighted by Crippen LogP contribution is 2.14. The Morgan fingerprint density at radius 2 is 1.53 bits per heavy atom. The van der Waals surface area contributed by atoms with Crippen LogP contribution < -0.4 is 4.74 Å². The Balaban J connectivity index is 1.95. The van der Waals surface area contributed by atoms with Crippen LogP contribution in [0.4, 0.5) is 0 Å². The fourth-order valence-corrected chi connectivity index (χ4v) is 1.60. The van der Waals surface area contributed by atoms with Crippen molar-refractivity contribution in [3.8, 4) is 5.75 Å². The van der Waals surface area contributed by atoms with Crippen molar-refractivity contribution < 1.29 is 19.7 Å². The minimum absolute atomic E-state index is 0.0108. The molecule has 0 bridgehead atoms. The van der Waals surface area contributed by atoms with Gasteiger partial charge in [-0.15, -0.1) is 0 Å². The van der Waals surface area contributed by atoms with Crippen molar-refractivity contribution in [3.05, 3.63) is 65.2 Å². The molecule has 0 atom stereocenters.